The fraction of sp³-hybridized carbons (Fsp3) is 0.600. The third kappa shape index (κ3) is 7.63. The van der Waals surface area contributed by atoms with Gasteiger partial charge in [0.05, 0.1) is 17.1 Å². The Bertz CT molecular complexity index is 759. The van der Waals surface area contributed by atoms with E-state index in [4.69, 9.17) is 23.2 Å². The second kappa shape index (κ2) is 10.7. The van der Waals surface area contributed by atoms with Gasteiger partial charge in [0.25, 0.3) is 5.91 Å². The molecule has 168 valence electrons. The average Bonchev–Trinajstić information content (AvgIpc) is 2.84. The zero-order valence-corrected chi connectivity index (χ0v) is 18.4. The van der Waals surface area contributed by atoms with Crippen molar-refractivity contribution in [3.63, 3.8) is 0 Å². The van der Waals surface area contributed by atoms with Gasteiger partial charge in [-0.3, -0.25) is 14.5 Å². The number of hydrogen-bond donors (Lipinski definition) is 1. The molecule has 0 radical (unpaired) electrons. The van der Waals surface area contributed by atoms with Crippen LogP contribution in [0.1, 0.15) is 37.0 Å². The van der Waals surface area contributed by atoms with Gasteiger partial charge in [-0.05, 0) is 37.0 Å². The second-order valence-corrected chi connectivity index (χ2v) is 8.69. The van der Waals surface area contributed by atoms with Crippen molar-refractivity contribution >= 4 is 35.0 Å². The molecule has 0 saturated carbocycles. The summed E-state index contributed by atoms with van der Waals surface area (Å²) in [4.78, 5) is 28.6. The first-order valence-corrected chi connectivity index (χ1v) is 10.6. The standard InChI is InChI=1S/C20H26Cl2F3N3O2/c1-13(2)10-17(26-18(29)15-5-4-14(21)11-16(15)22)19(30)28-7-3-6-27(8-9-28)12-20(23,24)25/h4-5,11,13,17H,3,6-10,12H2,1-2H3,(H,26,29). The lowest BCUT2D eigenvalue weighted by atomic mass is 10.0. The first-order valence-electron chi connectivity index (χ1n) is 9.80. The van der Waals surface area contributed by atoms with Crippen molar-refractivity contribution in [2.24, 2.45) is 5.92 Å². The zero-order valence-electron chi connectivity index (χ0n) is 16.9. The molecule has 0 aliphatic carbocycles. The Labute approximate surface area is 184 Å². The van der Waals surface area contributed by atoms with Crippen molar-refractivity contribution in [1.82, 2.24) is 15.1 Å². The molecule has 1 heterocycles. The Morgan fingerprint density at radius 1 is 1.13 bits per heavy atom. The van der Waals surface area contributed by atoms with Crippen molar-refractivity contribution in [2.45, 2.75) is 38.9 Å². The average molecular weight is 468 g/mol. The number of alkyl halides is 3. The van der Waals surface area contributed by atoms with Gasteiger partial charge in [-0.15, -0.1) is 0 Å². The third-order valence-electron chi connectivity index (χ3n) is 4.79. The summed E-state index contributed by atoms with van der Waals surface area (Å²) >= 11 is 12.0. The van der Waals surface area contributed by atoms with Crippen LogP contribution in [0.2, 0.25) is 10.0 Å². The fourth-order valence-corrected chi connectivity index (χ4v) is 3.92. The van der Waals surface area contributed by atoms with Crippen LogP contribution in [0.5, 0.6) is 0 Å². The monoisotopic (exact) mass is 467 g/mol. The van der Waals surface area contributed by atoms with Crippen LogP contribution >= 0.6 is 23.2 Å². The van der Waals surface area contributed by atoms with Gasteiger partial charge in [-0.25, -0.2) is 0 Å². The molecule has 1 aromatic rings. The largest absolute Gasteiger partial charge is 0.401 e. The molecule has 10 heteroatoms. The van der Waals surface area contributed by atoms with Crippen LogP contribution < -0.4 is 5.32 Å². The first-order chi connectivity index (χ1) is 14.0. The number of benzene rings is 1. The van der Waals surface area contributed by atoms with E-state index in [0.717, 1.165) is 0 Å². The Hall–Kier alpha value is -1.51. The van der Waals surface area contributed by atoms with Gasteiger partial charge in [0.2, 0.25) is 5.91 Å². The van der Waals surface area contributed by atoms with Gasteiger partial charge >= 0.3 is 6.18 Å². The van der Waals surface area contributed by atoms with Crippen LogP contribution in [-0.2, 0) is 4.79 Å². The molecule has 1 N–H and O–H groups in total. The summed E-state index contributed by atoms with van der Waals surface area (Å²) in [7, 11) is 0. The second-order valence-electron chi connectivity index (χ2n) is 7.85. The molecule has 1 fully saturated rings. The zero-order chi connectivity index (χ0) is 22.5. The van der Waals surface area contributed by atoms with Crippen LogP contribution in [0.15, 0.2) is 18.2 Å². The van der Waals surface area contributed by atoms with Crippen LogP contribution in [0.4, 0.5) is 13.2 Å². The van der Waals surface area contributed by atoms with Gasteiger partial charge < -0.3 is 10.2 Å². The molecule has 2 rings (SSSR count). The molecule has 1 aliphatic rings. The minimum atomic E-state index is -4.27. The van der Waals surface area contributed by atoms with E-state index in [1.54, 1.807) is 0 Å². The number of rotatable bonds is 6. The predicted octanol–water partition coefficient (Wildman–Crippen LogP) is 4.23. The molecule has 1 aliphatic heterocycles. The molecule has 0 aromatic heterocycles. The van der Waals surface area contributed by atoms with Crippen LogP contribution in [0.3, 0.4) is 0 Å². The van der Waals surface area contributed by atoms with Gasteiger partial charge in [-0.2, -0.15) is 13.2 Å². The minimum absolute atomic E-state index is 0.119. The first kappa shape index (κ1) is 24.8. The molecule has 30 heavy (non-hydrogen) atoms. The SMILES string of the molecule is CC(C)CC(NC(=O)c1ccc(Cl)cc1Cl)C(=O)N1CCCN(CC(F)(F)F)CC1. The Kier molecular flexibility index (Phi) is 8.82. The fourth-order valence-electron chi connectivity index (χ4n) is 3.43. The van der Waals surface area contributed by atoms with Crippen LogP contribution in [0, 0.1) is 5.92 Å². The molecule has 5 nitrogen and oxygen atoms in total. The normalized spacial score (nSPS) is 17.0. The number of amides is 2. The van der Waals surface area contributed by atoms with Crippen molar-refractivity contribution in [3.8, 4) is 0 Å². The molecule has 0 spiro atoms. The Balaban J connectivity index is 2.08. The van der Waals surface area contributed by atoms with E-state index in [1.807, 2.05) is 13.8 Å². The number of nitrogens with zero attached hydrogens (tertiary/aromatic N) is 2. The molecule has 1 atom stereocenters. The van der Waals surface area contributed by atoms with E-state index < -0.39 is 24.7 Å². The maximum absolute atomic E-state index is 13.1. The van der Waals surface area contributed by atoms with E-state index in [0.29, 0.717) is 24.4 Å². The van der Waals surface area contributed by atoms with Crippen molar-refractivity contribution < 1.29 is 22.8 Å². The maximum atomic E-state index is 13.1. The molecule has 1 aromatic carbocycles. The van der Waals surface area contributed by atoms with Gasteiger partial charge in [0, 0.05) is 31.2 Å². The third-order valence-corrected chi connectivity index (χ3v) is 5.34. The number of hydrogen-bond acceptors (Lipinski definition) is 3. The Morgan fingerprint density at radius 2 is 1.83 bits per heavy atom. The minimum Gasteiger partial charge on any atom is -0.340 e. The van der Waals surface area contributed by atoms with E-state index in [9.17, 15) is 22.8 Å². The number of carbonyl (C=O) groups excluding carboxylic acids is 2. The summed E-state index contributed by atoms with van der Waals surface area (Å²) in [5.41, 5.74) is 0.204. The van der Waals surface area contributed by atoms with Crippen molar-refractivity contribution in [2.75, 3.05) is 32.7 Å². The maximum Gasteiger partial charge on any atom is 0.401 e. The number of halogens is 5. The predicted molar refractivity (Wildman–Crippen MR) is 111 cm³/mol. The lowest BCUT2D eigenvalue weighted by molar-refractivity contribution is -0.145. The molecule has 1 saturated heterocycles. The molecule has 1 unspecified atom stereocenters. The van der Waals surface area contributed by atoms with E-state index in [1.165, 1.54) is 28.0 Å². The number of carbonyl (C=O) groups is 2. The van der Waals surface area contributed by atoms with Crippen LogP contribution in [-0.4, -0.2) is 66.6 Å². The van der Waals surface area contributed by atoms with Crippen LogP contribution in [0.25, 0.3) is 0 Å². The Morgan fingerprint density at radius 3 is 2.43 bits per heavy atom. The molecular formula is C20H26Cl2F3N3O2. The van der Waals surface area contributed by atoms with E-state index >= 15 is 0 Å². The summed E-state index contributed by atoms with van der Waals surface area (Å²) < 4.78 is 38.0. The summed E-state index contributed by atoms with van der Waals surface area (Å²) in [6.45, 7) is 3.79. The smallest absolute Gasteiger partial charge is 0.340 e. The van der Waals surface area contributed by atoms with Crippen molar-refractivity contribution in [1.29, 1.82) is 0 Å². The highest BCUT2D eigenvalue weighted by molar-refractivity contribution is 6.36. The summed E-state index contributed by atoms with van der Waals surface area (Å²) in [5, 5.41) is 3.30. The summed E-state index contributed by atoms with van der Waals surface area (Å²) in [6.07, 6.45) is -3.43. The highest BCUT2D eigenvalue weighted by Gasteiger charge is 2.33. The quantitative estimate of drug-likeness (QED) is 0.680. The van der Waals surface area contributed by atoms with Gasteiger partial charge in [0.1, 0.15) is 6.04 Å². The van der Waals surface area contributed by atoms with Gasteiger partial charge in [-0.1, -0.05) is 37.0 Å². The molecule has 2 amide bonds. The summed E-state index contributed by atoms with van der Waals surface area (Å²) in [5.74, 6) is -0.672. The van der Waals surface area contributed by atoms with E-state index in [-0.39, 0.29) is 42.0 Å². The van der Waals surface area contributed by atoms with E-state index in [2.05, 4.69) is 5.32 Å². The number of nitrogens with one attached hydrogen (secondary N) is 1. The highest BCUT2D eigenvalue weighted by Crippen LogP contribution is 2.22. The lowest BCUT2D eigenvalue weighted by Crippen LogP contribution is -2.50. The lowest BCUT2D eigenvalue weighted by Gasteiger charge is -2.28. The highest BCUT2D eigenvalue weighted by atomic mass is 35.5. The molecular weight excluding hydrogens is 442 g/mol. The molecule has 0 bridgehead atoms. The topological polar surface area (TPSA) is 52.7 Å². The van der Waals surface area contributed by atoms with Gasteiger partial charge in [0.15, 0.2) is 0 Å². The van der Waals surface area contributed by atoms with Crippen molar-refractivity contribution in [3.05, 3.63) is 33.8 Å². The summed E-state index contributed by atoms with van der Waals surface area (Å²) in [6, 6.07) is 3.67.